The molecule has 1 saturated carbocycles. The van der Waals surface area contributed by atoms with E-state index in [1.807, 2.05) is 6.20 Å². The van der Waals surface area contributed by atoms with Gasteiger partial charge in [0.2, 0.25) is 0 Å². The highest BCUT2D eigenvalue weighted by Gasteiger charge is 2.27. The monoisotopic (exact) mass is 507 g/mol. The molecule has 2 aromatic rings. The van der Waals surface area contributed by atoms with E-state index in [9.17, 15) is 4.79 Å². The average Bonchev–Trinajstić information content (AvgIpc) is 2.95. The topological polar surface area (TPSA) is 95.5 Å². The quantitative estimate of drug-likeness (QED) is 0.363. The van der Waals surface area contributed by atoms with Crippen LogP contribution in [0.15, 0.2) is 29.2 Å². The lowest BCUT2D eigenvalue weighted by Gasteiger charge is -2.31. The Morgan fingerprint density at radius 1 is 0.973 bits per heavy atom. The molecule has 0 radical (unpaired) electrons. The van der Waals surface area contributed by atoms with Crippen molar-refractivity contribution in [2.75, 3.05) is 57.7 Å². The predicted molar refractivity (Wildman–Crippen MR) is 146 cm³/mol. The summed E-state index contributed by atoms with van der Waals surface area (Å²) in [6, 6.07) is 7.12. The Morgan fingerprint density at radius 2 is 1.76 bits per heavy atom. The number of hydrogen-bond acceptors (Lipinski definition) is 8. The summed E-state index contributed by atoms with van der Waals surface area (Å²) in [5.74, 6) is 2.52. The number of rotatable bonds is 7. The predicted octanol–water partition coefficient (Wildman–Crippen LogP) is 2.93. The second-order valence-electron chi connectivity index (χ2n) is 11.1. The molecule has 6 rings (SSSR count). The van der Waals surface area contributed by atoms with E-state index in [1.165, 1.54) is 31.6 Å². The van der Waals surface area contributed by atoms with E-state index in [2.05, 4.69) is 49.4 Å². The number of aromatic nitrogens is 2. The Bertz CT molecular complexity index is 1120. The van der Waals surface area contributed by atoms with Gasteiger partial charge in [-0.25, -0.2) is 4.79 Å². The Kier molecular flexibility index (Phi) is 7.73. The first-order chi connectivity index (χ1) is 18.2. The maximum absolute atomic E-state index is 13.0. The van der Waals surface area contributed by atoms with Crippen LogP contribution >= 0.6 is 0 Å². The third kappa shape index (κ3) is 5.85. The second kappa shape index (κ2) is 11.5. The molecule has 0 atom stereocenters. The number of anilines is 2. The molecule has 4 N–H and O–H groups in total. The molecule has 3 aliphatic heterocycles. The summed E-state index contributed by atoms with van der Waals surface area (Å²) in [7, 11) is 0. The van der Waals surface area contributed by atoms with Gasteiger partial charge in [0, 0.05) is 38.3 Å². The van der Waals surface area contributed by atoms with Gasteiger partial charge in [0.25, 0.3) is 0 Å². The highest BCUT2D eigenvalue weighted by molar-refractivity contribution is 5.73. The van der Waals surface area contributed by atoms with Crippen LogP contribution in [0, 0.1) is 0 Å². The highest BCUT2D eigenvalue weighted by atomic mass is 16.5. The first-order valence-corrected chi connectivity index (χ1v) is 14.3. The number of hydrogen-bond donors (Lipinski definition) is 4. The molecule has 0 bridgehead atoms. The van der Waals surface area contributed by atoms with Crippen molar-refractivity contribution in [3.63, 3.8) is 0 Å². The molecule has 4 aliphatic rings. The molecule has 0 unspecified atom stereocenters. The zero-order valence-electron chi connectivity index (χ0n) is 21.8. The summed E-state index contributed by atoms with van der Waals surface area (Å²) in [4.78, 5) is 19.9. The summed E-state index contributed by atoms with van der Waals surface area (Å²) in [5.41, 5.74) is 2.03. The van der Waals surface area contributed by atoms with Gasteiger partial charge < -0.3 is 30.9 Å². The fraction of sp³-hybridized carbons (Fsp3) is 0.643. The number of piperazine rings is 1. The summed E-state index contributed by atoms with van der Waals surface area (Å²) >= 11 is 0. The zero-order valence-corrected chi connectivity index (χ0v) is 21.8. The minimum atomic E-state index is -0.194. The minimum Gasteiger partial charge on any atom is -0.450 e. The SMILES string of the molecule is O=c1nc2c(cn1C1CCC(NCCCN3CCNCC3)CC1)Oc1ccc(C3CCNCC3)cc1N2. The average molecular weight is 508 g/mol. The number of benzene rings is 1. The second-order valence-corrected chi connectivity index (χ2v) is 11.1. The van der Waals surface area contributed by atoms with Crippen molar-refractivity contribution in [2.45, 2.75) is 62.9 Å². The van der Waals surface area contributed by atoms with Crippen molar-refractivity contribution in [3.8, 4) is 11.5 Å². The van der Waals surface area contributed by atoms with Gasteiger partial charge in [-0.3, -0.25) is 4.57 Å². The third-order valence-corrected chi connectivity index (χ3v) is 8.59. The highest BCUT2D eigenvalue weighted by Crippen LogP contribution is 2.42. The zero-order chi connectivity index (χ0) is 25.0. The van der Waals surface area contributed by atoms with E-state index in [0.717, 1.165) is 82.7 Å². The molecule has 9 heteroatoms. The Balaban J connectivity index is 1.03. The van der Waals surface area contributed by atoms with E-state index in [0.29, 0.717) is 23.5 Å². The summed E-state index contributed by atoms with van der Waals surface area (Å²) in [6.07, 6.45) is 9.50. The third-order valence-electron chi connectivity index (χ3n) is 8.59. The van der Waals surface area contributed by atoms with Crippen molar-refractivity contribution in [1.82, 2.24) is 30.4 Å². The maximum atomic E-state index is 13.0. The van der Waals surface area contributed by atoms with Crippen LogP contribution in [-0.4, -0.2) is 72.9 Å². The summed E-state index contributed by atoms with van der Waals surface area (Å²) in [5, 5.41) is 14.0. The van der Waals surface area contributed by atoms with E-state index in [1.54, 1.807) is 4.57 Å². The molecule has 0 spiro atoms. The van der Waals surface area contributed by atoms with E-state index < -0.39 is 0 Å². The molecule has 3 fully saturated rings. The van der Waals surface area contributed by atoms with Gasteiger partial charge in [-0.1, -0.05) is 6.07 Å². The molecular weight excluding hydrogens is 466 g/mol. The largest absolute Gasteiger partial charge is 0.450 e. The standard InChI is InChI=1S/C28H41N7O2/c36-28-33-27-26(37-25-7-2-21(18-24(25)32-27)20-8-11-29-12-9-20)19-35(28)23-5-3-22(4-6-23)31-10-1-15-34-16-13-30-14-17-34/h2,7,18-20,22-23,29-31H,1,3-6,8-17H2,(H,32,33,36). The smallest absolute Gasteiger partial charge is 0.350 e. The Hall–Kier alpha value is -2.46. The van der Waals surface area contributed by atoms with E-state index in [4.69, 9.17) is 4.74 Å². The van der Waals surface area contributed by atoms with Crippen molar-refractivity contribution < 1.29 is 4.74 Å². The molecule has 1 aromatic carbocycles. The summed E-state index contributed by atoms with van der Waals surface area (Å²) < 4.78 is 8.03. The van der Waals surface area contributed by atoms with Crippen LogP contribution in [0.5, 0.6) is 11.5 Å². The van der Waals surface area contributed by atoms with Crippen LogP contribution in [0.3, 0.4) is 0 Å². The van der Waals surface area contributed by atoms with Crippen LogP contribution in [0.25, 0.3) is 0 Å². The number of ether oxygens (including phenoxy) is 1. The van der Waals surface area contributed by atoms with Gasteiger partial charge in [-0.2, -0.15) is 4.98 Å². The van der Waals surface area contributed by atoms with E-state index in [-0.39, 0.29) is 11.7 Å². The molecule has 200 valence electrons. The lowest BCUT2D eigenvalue weighted by molar-refractivity contribution is 0.232. The molecule has 9 nitrogen and oxygen atoms in total. The van der Waals surface area contributed by atoms with Crippen molar-refractivity contribution in [1.29, 1.82) is 0 Å². The molecular formula is C28H41N7O2. The molecule has 0 amide bonds. The maximum Gasteiger partial charge on any atom is 0.350 e. The van der Waals surface area contributed by atoms with Gasteiger partial charge in [0.05, 0.1) is 11.9 Å². The number of nitrogens with one attached hydrogen (secondary N) is 4. The van der Waals surface area contributed by atoms with E-state index >= 15 is 0 Å². The van der Waals surface area contributed by atoms with Crippen molar-refractivity contribution in [2.24, 2.45) is 0 Å². The molecule has 4 heterocycles. The number of fused-ring (bicyclic) bond motifs is 2. The number of nitrogens with zero attached hydrogens (tertiary/aromatic N) is 3. The van der Waals surface area contributed by atoms with Gasteiger partial charge in [0.15, 0.2) is 17.3 Å². The van der Waals surface area contributed by atoms with Crippen molar-refractivity contribution in [3.05, 3.63) is 40.4 Å². The van der Waals surface area contributed by atoms with Gasteiger partial charge in [-0.15, -0.1) is 0 Å². The van der Waals surface area contributed by atoms with Gasteiger partial charge in [0.1, 0.15) is 0 Å². The first kappa shape index (κ1) is 24.9. The molecule has 2 saturated heterocycles. The fourth-order valence-corrected chi connectivity index (χ4v) is 6.37. The van der Waals surface area contributed by atoms with Gasteiger partial charge >= 0.3 is 5.69 Å². The van der Waals surface area contributed by atoms with Crippen LogP contribution in [0.2, 0.25) is 0 Å². The molecule has 37 heavy (non-hydrogen) atoms. The lowest BCUT2D eigenvalue weighted by atomic mass is 9.90. The molecule has 1 aromatic heterocycles. The van der Waals surface area contributed by atoms with Crippen LogP contribution < -0.4 is 31.7 Å². The normalized spacial score (nSPS) is 24.5. The van der Waals surface area contributed by atoms with Gasteiger partial charge in [-0.05, 0) is 94.7 Å². The summed E-state index contributed by atoms with van der Waals surface area (Å²) in [6.45, 7) is 8.92. The number of piperidine rings is 1. The molecule has 1 aliphatic carbocycles. The Morgan fingerprint density at radius 3 is 2.57 bits per heavy atom. The minimum absolute atomic E-state index is 0.177. The van der Waals surface area contributed by atoms with Crippen LogP contribution in [0.4, 0.5) is 11.5 Å². The van der Waals surface area contributed by atoms with Crippen LogP contribution in [0.1, 0.15) is 62.5 Å². The Labute approximate surface area is 219 Å². The lowest BCUT2D eigenvalue weighted by Crippen LogP contribution is -2.44. The van der Waals surface area contributed by atoms with Crippen molar-refractivity contribution >= 4 is 11.5 Å². The van der Waals surface area contributed by atoms with Crippen LogP contribution in [-0.2, 0) is 0 Å². The fourth-order valence-electron chi connectivity index (χ4n) is 6.37. The first-order valence-electron chi connectivity index (χ1n) is 14.3.